The summed E-state index contributed by atoms with van der Waals surface area (Å²) in [6.45, 7) is 7.46. The van der Waals surface area contributed by atoms with Gasteiger partial charge in [-0.25, -0.2) is 14.7 Å². The molecule has 0 aliphatic rings. The predicted octanol–water partition coefficient (Wildman–Crippen LogP) is 4.91. The monoisotopic (exact) mass is 666 g/mol. The molecule has 0 radical (unpaired) electrons. The van der Waals surface area contributed by atoms with E-state index in [9.17, 15) is 19.2 Å². The van der Waals surface area contributed by atoms with Gasteiger partial charge in [-0.15, -0.1) is 0 Å². The van der Waals surface area contributed by atoms with Gasteiger partial charge in [-0.3, -0.25) is 24.4 Å². The first-order chi connectivity index (χ1) is 23.5. The van der Waals surface area contributed by atoms with Crippen molar-refractivity contribution >= 4 is 41.4 Å². The lowest BCUT2D eigenvalue weighted by atomic mass is 10.1. The molecule has 6 N–H and O–H groups in total. The molecule has 0 fully saturated rings. The van der Waals surface area contributed by atoms with E-state index in [1.807, 2.05) is 58.0 Å². The summed E-state index contributed by atoms with van der Waals surface area (Å²) in [5, 5.41) is 16.5. The molecule has 0 aliphatic heterocycles. The molecule has 0 saturated carbocycles. The molecule has 0 spiro atoms. The summed E-state index contributed by atoms with van der Waals surface area (Å²) in [5.41, 5.74) is 9.02. The van der Waals surface area contributed by atoms with E-state index in [0.717, 1.165) is 28.8 Å². The number of benzene rings is 3. The topological polar surface area (TPSA) is 185 Å². The Morgan fingerprint density at radius 1 is 1.02 bits per heavy atom. The van der Waals surface area contributed by atoms with Crippen LogP contribution in [0.15, 0.2) is 83.8 Å². The maximum atomic E-state index is 13.6. The van der Waals surface area contributed by atoms with Crippen molar-refractivity contribution in [3.05, 3.63) is 106 Å². The fraction of sp³-hybridized carbons (Fsp3) is 0.278. The molecular weight excluding hydrogens is 624 g/mol. The molecule has 3 amide bonds. The van der Waals surface area contributed by atoms with Crippen LogP contribution >= 0.6 is 0 Å². The van der Waals surface area contributed by atoms with Crippen molar-refractivity contribution in [3.63, 3.8) is 0 Å². The zero-order valence-electron chi connectivity index (χ0n) is 28.0. The Morgan fingerprint density at radius 2 is 1.73 bits per heavy atom. The average molecular weight is 667 g/mol. The number of nitrogens with two attached hydrogens (primary N) is 1. The summed E-state index contributed by atoms with van der Waals surface area (Å²) in [4.78, 5) is 57.8. The SMILES string of the molecule is CC[C@@H](C)NC(=O)c1cc(N)cc(-c2cnc(NC(C)C)c(=O)n2CC(=O)NCc2ccc(N(C=N)C(=O)OCc3ccccc3)cc2)c1. The predicted molar refractivity (Wildman–Crippen MR) is 191 cm³/mol. The van der Waals surface area contributed by atoms with Crippen LogP contribution in [0.25, 0.3) is 11.3 Å². The summed E-state index contributed by atoms with van der Waals surface area (Å²) < 4.78 is 6.64. The molecular formula is C36H42N8O5. The number of nitrogens with zero attached hydrogens (tertiary/aromatic N) is 3. The first kappa shape index (κ1) is 35.9. The lowest BCUT2D eigenvalue weighted by Crippen LogP contribution is -2.35. The van der Waals surface area contributed by atoms with E-state index in [2.05, 4.69) is 20.9 Å². The van der Waals surface area contributed by atoms with Crippen molar-refractivity contribution < 1.29 is 19.1 Å². The van der Waals surface area contributed by atoms with Crippen LogP contribution < -0.4 is 32.1 Å². The van der Waals surface area contributed by atoms with Crippen molar-refractivity contribution in [2.45, 2.75) is 65.9 Å². The van der Waals surface area contributed by atoms with Gasteiger partial charge in [0.2, 0.25) is 5.91 Å². The highest BCUT2D eigenvalue weighted by Crippen LogP contribution is 2.24. The van der Waals surface area contributed by atoms with Crippen LogP contribution in [0.5, 0.6) is 0 Å². The second-order valence-corrected chi connectivity index (χ2v) is 11.8. The van der Waals surface area contributed by atoms with Gasteiger partial charge in [-0.2, -0.15) is 0 Å². The quantitative estimate of drug-likeness (QED) is 0.0714. The first-order valence-corrected chi connectivity index (χ1v) is 15.9. The number of rotatable bonds is 14. The number of anilines is 3. The minimum atomic E-state index is -0.701. The number of ether oxygens (including phenoxy) is 1. The highest BCUT2D eigenvalue weighted by atomic mass is 16.6. The normalized spacial score (nSPS) is 11.4. The molecule has 256 valence electrons. The summed E-state index contributed by atoms with van der Waals surface area (Å²) >= 11 is 0. The highest BCUT2D eigenvalue weighted by molar-refractivity contribution is 6.04. The van der Waals surface area contributed by atoms with Gasteiger partial charge in [0.05, 0.1) is 23.9 Å². The number of carbonyl (C=O) groups is 3. The third-order valence-corrected chi connectivity index (χ3v) is 7.52. The number of nitrogen functional groups attached to an aromatic ring is 1. The lowest BCUT2D eigenvalue weighted by Gasteiger charge is -2.18. The van der Waals surface area contributed by atoms with Gasteiger partial charge in [0, 0.05) is 35.4 Å². The van der Waals surface area contributed by atoms with E-state index in [-0.39, 0.29) is 43.5 Å². The van der Waals surface area contributed by atoms with Crippen LogP contribution in [0.4, 0.5) is 22.0 Å². The Balaban J connectivity index is 1.49. The Hall–Kier alpha value is -5.98. The van der Waals surface area contributed by atoms with E-state index in [4.69, 9.17) is 15.9 Å². The van der Waals surface area contributed by atoms with Crippen molar-refractivity contribution in [1.29, 1.82) is 5.41 Å². The van der Waals surface area contributed by atoms with Gasteiger partial charge in [-0.1, -0.05) is 49.4 Å². The van der Waals surface area contributed by atoms with Gasteiger partial charge in [0.15, 0.2) is 5.82 Å². The van der Waals surface area contributed by atoms with E-state index in [0.29, 0.717) is 28.2 Å². The fourth-order valence-electron chi connectivity index (χ4n) is 4.78. The molecule has 1 atom stereocenters. The lowest BCUT2D eigenvalue weighted by molar-refractivity contribution is -0.121. The van der Waals surface area contributed by atoms with Crippen molar-refractivity contribution in [2.24, 2.45) is 0 Å². The minimum absolute atomic E-state index is 0.0464. The molecule has 0 saturated heterocycles. The Labute approximate surface area is 285 Å². The van der Waals surface area contributed by atoms with Crippen LogP contribution in [-0.4, -0.2) is 45.9 Å². The van der Waals surface area contributed by atoms with Crippen LogP contribution in [0.1, 0.15) is 55.6 Å². The summed E-state index contributed by atoms with van der Waals surface area (Å²) in [6.07, 6.45) is 2.40. The Morgan fingerprint density at radius 3 is 2.39 bits per heavy atom. The van der Waals surface area contributed by atoms with Crippen LogP contribution in [0, 0.1) is 5.41 Å². The van der Waals surface area contributed by atoms with Gasteiger partial charge in [-0.05, 0) is 68.7 Å². The molecule has 1 aromatic heterocycles. The highest BCUT2D eigenvalue weighted by Gasteiger charge is 2.19. The zero-order valence-corrected chi connectivity index (χ0v) is 28.0. The largest absolute Gasteiger partial charge is 0.444 e. The first-order valence-electron chi connectivity index (χ1n) is 15.9. The Kier molecular flexibility index (Phi) is 12.2. The van der Waals surface area contributed by atoms with Gasteiger partial charge < -0.3 is 26.4 Å². The van der Waals surface area contributed by atoms with Crippen molar-refractivity contribution in [2.75, 3.05) is 16.0 Å². The van der Waals surface area contributed by atoms with Crippen LogP contribution in [-0.2, 0) is 29.2 Å². The smallest absolute Gasteiger partial charge is 0.420 e. The maximum absolute atomic E-state index is 13.6. The van der Waals surface area contributed by atoms with Gasteiger partial charge >= 0.3 is 6.09 Å². The number of aromatic nitrogens is 2. The molecule has 13 nitrogen and oxygen atoms in total. The average Bonchev–Trinajstić information content (AvgIpc) is 3.09. The van der Waals surface area contributed by atoms with E-state index >= 15 is 0 Å². The molecule has 0 bridgehead atoms. The molecule has 1 heterocycles. The van der Waals surface area contributed by atoms with E-state index in [1.165, 1.54) is 10.8 Å². The van der Waals surface area contributed by atoms with Crippen molar-refractivity contribution in [1.82, 2.24) is 20.2 Å². The molecule has 13 heteroatoms. The van der Waals surface area contributed by atoms with E-state index < -0.39 is 17.6 Å². The third-order valence-electron chi connectivity index (χ3n) is 7.52. The third kappa shape index (κ3) is 9.76. The van der Waals surface area contributed by atoms with E-state index in [1.54, 1.807) is 42.5 Å². The number of amides is 3. The van der Waals surface area contributed by atoms with Gasteiger partial charge in [0.1, 0.15) is 13.2 Å². The molecule has 49 heavy (non-hydrogen) atoms. The van der Waals surface area contributed by atoms with Gasteiger partial charge in [0.25, 0.3) is 11.5 Å². The Bertz CT molecular complexity index is 1840. The number of nitrogens with one attached hydrogen (secondary N) is 4. The molecule has 3 aromatic carbocycles. The number of hydrogen-bond acceptors (Lipinski definition) is 9. The zero-order chi connectivity index (χ0) is 35.5. The maximum Gasteiger partial charge on any atom is 0.420 e. The second-order valence-electron chi connectivity index (χ2n) is 11.8. The molecule has 4 rings (SSSR count). The fourth-order valence-corrected chi connectivity index (χ4v) is 4.78. The molecule has 0 unspecified atom stereocenters. The van der Waals surface area contributed by atoms with Crippen LogP contribution in [0.2, 0.25) is 0 Å². The van der Waals surface area contributed by atoms with Crippen LogP contribution in [0.3, 0.4) is 0 Å². The second kappa shape index (κ2) is 16.7. The summed E-state index contributed by atoms with van der Waals surface area (Å²) in [7, 11) is 0. The van der Waals surface area contributed by atoms with Crippen molar-refractivity contribution in [3.8, 4) is 11.3 Å². The number of carbonyl (C=O) groups excluding carboxylic acids is 3. The minimum Gasteiger partial charge on any atom is -0.444 e. The summed E-state index contributed by atoms with van der Waals surface area (Å²) in [5.74, 6) is -0.670. The molecule has 0 aliphatic carbocycles. The summed E-state index contributed by atoms with van der Waals surface area (Å²) in [6, 6.07) is 20.6. The number of hydrogen-bond donors (Lipinski definition) is 5. The standard InChI is InChI=1S/C36H42N8O5/c1-5-24(4)42-34(46)28-15-27(16-29(38)17-28)31-19-40-33(41-23(2)3)35(47)43(31)20-32(45)39-18-25-11-13-30(14-12-25)44(22-37)36(48)49-21-26-9-7-6-8-10-26/h6-17,19,22-24,37H,5,18,20-21,38H2,1-4H3,(H,39,45)(H,40,41)(H,42,46)/t24-/m1/s1. The molecule has 4 aromatic rings.